The lowest BCUT2D eigenvalue weighted by atomic mass is 9.91. The minimum absolute atomic E-state index is 0.227. The first kappa shape index (κ1) is 12.5. The van der Waals surface area contributed by atoms with Crippen LogP contribution in [0.1, 0.15) is 5.56 Å². The Labute approximate surface area is 89.7 Å². The van der Waals surface area contributed by atoms with Gasteiger partial charge in [0.2, 0.25) is 5.54 Å². The summed E-state index contributed by atoms with van der Waals surface area (Å²) in [5, 5.41) is 8.58. The van der Waals surface area contributed by atoms with E-state index >= 15 is 0 Å². The second-order valence-electron chi connectivity index (χ2n) is 3.44. The zero-order valence-corrected chi connectivity index (χ0v) is 8.16. The van der Waals surface area contributed by atoms with E-state index in [4.69, 9.17) is 10.8 Å². The van der Waals surface area contributed by atoms with Crippen molar-refractivity contribution in [3.05, 3.63) is 35.9 Å². The van der Waals surface area contributed by atoms with Gasteiger partial charge in [0.1, 0.15) is 0 Å². The number of carbonyl (C=O) groups is 1. The topological polar surface area (TPSA) is 63.3 Å². The molecule has 0 saturated carbocycles. The summed E-state index contributed by atoms with van der Waals surface area (Å²) in [5.41, 5.74) is 1.91. The fraction of sp³-hybridized carbons (Fsp3) is 0.300. The van der Waals surface area contributed by atoms with Crippen LogP contribution in [-0.4, -0.2) is 22.8 Å². The zero-order valence-electron chi connectivity index (χ0n) is 8.16. The van der Waals surface area contributed by atoms with Crippen LogP contribution in [0.2, 0.25) is 0 Å². The predicted molar refractivity (Wildman–Crippen MR) is 50.8 cm³/mol. The Bertz CT molecular complexity index is 377. The van der Waals surface area contributed by atoms with E-state index in [0.717, 1.165) is 0 Å². The van der Waals surface area contributed by atoms with Gasteiger partial charge in [0.15, 0.2) is 0 Å². The van der Waals surface area contributed by atoms with Gasteiger partial charge in [-0.1, -0.05) is 30.3 Å². The quantitative estimate of drug-likeness (QED) is 0.832. The van der Waals surface area contributed by atoms with Gasteiger partial charge in [0.25, 0.3) is 0 Å². The predicted octanol–water partition coefficient (Wildman–Crippen LogP) is 1.57. The first-order valence-electron chi connectivity index (χ1n) is 4.40. The highest BCUT2D eigenvalue weighted by Gasteiger charge is 2.57. The summed E-state index contributed by atoms with van der Waals surface area (Å²) in [6, 6.07) is 7.46. The largest absolute Gasteiger partial charge is 0.480 e. The number of alkyl halides is 3. The SMILES string of the molecule is NC(Cc1ccccc1)(C(=O)O)C(F)(F)F. The van der Waals surface area contributed by atoms with Crippen LogP contribution >= 0.6 is 0 Å². The highest BCUT2D eigenvalue weighted by Crippen LogP contribution is 2.31. The number of aliphatic carboxylic acids is 1. The smallest absolute Gasteiger partial charge is 0.417 e. The maximum Gasteiger partial charge on any atom is 0.417 e. The van der Waals surface area contributed by atoms with Crippen LogP contribution in [0.4, 0.5) is 13.2 Å². The van der Waals surface area contributed by atoms with Crippen molar-refractivity contribution in [1.29, 1.82) is 0 Å². The van der Waals surface area contributed by atoms with Gasteiger partial charge in [-0.2, -0.15) is 13.2 Å². The van der Waals surface area contributed by atoms with E-state index in [2.05, 4.69) is 0 Å². The van der Waals surface area contributed by atoms with Crippen molar-refractivity contribution in [3.63, 3.8) is 0 Å². The van der Waals surface area contributed by atoms with E-state index in [0.29, 0.717) is 0 Å². The van der Waals surface area contributed by atoms with Crippen LogP contribution in [0.25, 0.3) is 0 Å². The molecule has 0 aliphatic heterocycles. The number of carboxylic acid groups (broad SMARTS) is 1. The molecule has 1 rings (SSSR count). The van der Waals surface area contributed by atoms with Crippen LogP contribution < -0.4 is 5.73 Å². The average molecular weight is 233 g/mol. The molecule has 0 heterocycles. The summed E-state index contributed by atoms with van der Waals surface area (Å²) in [4.78, 5) is 10.6. The van der Waals surface area contributed by atoms with Crippen LogP contribution in [0.5, 0.6) is 0 Å². The molecule has 6 heteroatoms. The standard InChI is InChI=1S/C10H10F3NO2/c11-10(12,13)9(14,8(15)16)6-7-4-2-1-3-5-7/h1-5H,6,14H2,(H,15,16). The van der Waals surface area contributed by atoms with Crippen molar-refractivity contribution >= 4 is 5.97 Å². The number of nitrogens with two attached hydrogens (primary N) is 1. The molecule has 0 amide bonds. The molecule has 0 aliphatic rings. The molecule has 1 unspecified atom stereocenters. The third kappa shape index (κ3) is 2.33. The van der Waals surface area contributed by atoms with Crippen molar-refractivity contribution < 1.29 is 23.1 Å². The van der Waals surface area contributed by atoms with Gasteiger partial charge in [-0.05, 0) is 5.56 Å². The lowest BCUT2D eigenvalue weighted by Gasteiger charge is -2.27. The summed E-state index contributed by atoms with van der Waals surface area (Å²) in [6.45, 7) is 0. The molecule has 16 heavy (non-hydrogen) atoms. The lowest BCUT2D eigenvalue weighted by molar-refractivity contribution is -0.201. The minimum atomic E-state index is -4.99. The average Bonchev–Trinajstić information content (AvgIpc) is 2.17. The molecule has 0 bridgehead atoms. The highest BCUT2D eigenvalue weighted by molar-refractivity contribution is 5.80. The summed E-state index contributed by atoms with van der Waals surface area (Å²) < 4.78 is 37.6. The van der Waals surface area contributed by atoms with Gasteiger partial charge in [-0.3, -0.25) is 0 Å². The second kappa shape index (κ2) is 4.13. The molecule has 0 aliphatic carbocycles. The Morgan fingerprint density at radius 2 is 1.75 bits per heavy atom. The Morgan fingerprint density at radius 3 is 2.12 bits per heavy atom. The molecule has 0 fully saturated rings. The van der Waals surface area contributed by atoms with E-state index < -0.39 is 24.1 Å². The third-order valence-corrected chi connectivity index (χ3v) is 2.21. The van der Waals surface area contributed by atoms with Gasteiger partial charge in [0.05, 0.1) is 0 Å². The van der Waals surface area contributed by atoms with E-state index in [-0.39, 0.29) is 5.56 Å². The number of benzene rings is 1. The number of halogens is 3. The fourth-order valence-electron chi connectivity index (χ4n) is 1.21. The van der Waals surface area contributed by atoms with Crippen LogP contribution in [-0.2, 0) is 11.2 Å². The van der Waals surface area contributed by atoms with Crippen LogP contribution in [0.15, 0.2) is 30.3 Å². The van der Waals surface area contributed by atoms with Gasteiger partial charge >= 0.3 is 12.1 Å². The number of hydrogen-bond acceptors (Lipinski definition) is 2. The third-order valence-electron chi connectivity index (χ3n) is 2.21. The van der Waals surface area contributed by atoms with E-state index in [1.54, 1.807) is 6.07 Å². The van der Waals surface area contributed by atoms with Gasteiger partial charge in [-0.15, -0.1) is 0 Å². The highest BCUT2D eigenvalue weighted by atomic mass is 19.4. The molecule has 1 aromatic rings. The fourth-order valence-corrected chi connectivity index (χ4v) is 1.21. The molecule has 0 saturated heterocycles. The molecule has 3 nitrogen and oxygen atoms in total. The molecule has 0 spiro atoms. The van der Waals surface area contributed by atoms with E-state index in [1.807, 2.05) is 0 Å². The first-order chi connectivity index (χ1) is 7.27. The van der Waals surface area contributed by atoms with E-state index in [9.17, 15) is 18.0 Å². The summed E-state index contributed by atoms with van der Waals surface area (Å²) >= 11 is 0. The van der Waals surface area contributed by atoms with Gasteiger partial charge < -0.3 is 10.8 Å². The normalized spacial score (nSPS) is 15.5. The molecular weight excluding hydrogens is 223 g/mol. The second-order valence-corrected chi connectivity index (χ2v) is 3.44. The zero-order chi connectivity index (χ0) is 12.4. The lowest BCUT2D eigenvalue weighted by Crippen LogP contribution is -2.61. The maximum absolute atomic E-state index is 12.5. The molecule has 0 radical (unpaired) electrons. The van der Waals surface area contributed by atoms with Crippen molar-refractivity contribution in [3.8, 4) is 0 Å². The van der Waals surface area contributed by atoms with Crippen molar-refractivity contribution in [2.24, 2.45) is 5.73 Å². The molecule has 0 aromatic heterocycles. The van der Waals surface area contributed by atoms with Crippen molar-refractivity contribution in [2.75, 3.05) is 0 Å². The molecule has 88 valence electrons. The van der Waals surface area contributed by atoms with Crippen LogP contribution in [0, 0.1) is 0 Å². The summed E-state index contributed by atoms with van der Waals surface area (Å²) in [6.07, 6.45) is -5.78. The summed E-state index contributed by atoms with van der Waals surface area (Å²) in [7, 11) is 0. The Kier molecular flexibility index (Phi) is 3.23. The molecule has 3 N–H and O–H groups in total. The Morgan fingerprint density at radius 1 is 1.25 bits per heavy atom. The van der Waals surface area contributed by atoms with E-state index in [1.165, 1.54) is 24.3 Å². The molecule has 1 aromatic carbocycles. The van der Waals surface area contributed by atoms with Gasteiger partial charge in [-0.25, -0.2) is 4.79 Å². The first-order valence-corrected chi connectivity index (χ1v) is 4.40. The maximum atomic E-state index is 12.5. The Balaban J connectivity index is 3.03. The van der Waals surface area contributed by atoms with Crippen LogP contribution in [0.3, 0.4) is 0 Å². The molecule has 1 atom stereocenters. The summed E-state index contributed by atoms with van der Waals surface area (Å²) in [5.74, 6) is -2.08. The molecular formula is C10H10F3NO2. The van der Waals surface area contributed by atoms with Crippen molar-refractivity contribution in [1.82, 2.24) is 0 Å². The number of rotatable bonds is 3. The number of carboxylic acids is 1. The minimum Gasteiger partial charge on any atom is -0.480 e. The monoisotopic (exact) mass is 233 g/mol. The number of hydrogen-bond donors (Lipinski definition) is 2. The van der Waals surface area contributed by atoms with Crippen molar-refractivity contribution in [2.45, 2.75) is 18.1 Å². The van der Waals surface area contributed by atoms with Gasteiger partial charge in [0, 0.05) is 6.42 Å². The Hall–Kier alpha value is -1.56.